The number of nitrogens with zero attached hydrogens (tertiary/aromatic N) is 3. The highest BCUT2D eigenvalue weighted by molar-refractivity contribution is 5.91. The van der Waals surface area contributed by atoms with Crippen molar-refractivity contribution in [3.63, 3.8) is 0 Å². The van der Waals surface area contributed by atoms with E-state index in [0.29, 0.717) is 0 Å². The van der Waals surface area contributed by atoms with Crippen molar-refractivity contribution >= 4 is 11.8 Å². The lowest BCUT2D eigenvalue weighted by atomic mass is 10.1. The van der Waals surface area contributed by atoms with Gasteiger partial charge in [-0.05, 0) is 26.3 Å². The minimum Gasteiger partial charge on any atom is -0.458 e. The lowest BCUT2D eigenvalue weighted by Gasteiger charge is -2.13. The lowest BCUT2D eigenvalue weighted by Crippen LogP contribution is -2.15. The summed E-state index contributed by atoms with van der Waals surface area (Å²) in [7, 11) is 0. The van der Waals surface area contributed by atoms with Crippen LogP contribution in [0.25, 0.3) is 0 Å². The van der Waals surface area contributed by atoms with Crippen molar-refractivity contribution in [2.24, 2.45) is 0 Å². The molecule has 0 aliphatic heterocycles. The van der Waals surface area contributed by atoms with Crippen LogP contribution in [0.2, 0.25) is 0 Å². The van der Waals surface area contributed by atoms with Gasteiger partial charge in [-0.2, -0.15) is 0 Å². The number of rotatable bonds is 4. The van der Waals surface area contributed by atoms with E-state index in [9.17, 15) is 4.79 Å². The smallest absolute Gasteiger partial charge is 0.363 e. The molecule has 1 atom stereocenters. The minimum atomic E-state index is -0.552. The first-order valence-electron chi connectivity index (χ1n) is 6.47. The zero-order chi connectivity index (χ0) is 14.7. The van der Waals surface area contributed by atoms with E-state index < -0.39 is 5.97 Å². The number of esters is 1. The number of carbonyl (C=O) groups excluding carboxylic acids is 1. The fourth-order valence-corrected chi connectivity index (χ4v) is 1.87. The van der Waals surface area contributed by atoms with Crippen molar-refractivity contribution in [3.8, 4) is 0 Å². The highest BCUT2D eigenvalue weighted by Gasteiger charge is 2.22. The van der Waals surface area contributed by atoms with Crippen molar-refractivity contribution in [3.05, 3.63) is 41.6 Å². The first-order valence-corrected chi connectivity index (χ1v) is 6.47. The van der Waals surface area contributed by atoms with Gasteiger partial charge in [0, 0.05) is 0 Å². The highest BCUT2D eigenvalue weighted by atomic mass is 16.5. The molecule has 6 nitrogen and oxygen atoms in total. The van der Waals surface area contributed by atoms with Gasteiger partial charge in [-0.25, -0.2) is 9.48 Å². The predicted molar refractivity (Wildman–Crippen MR) is 75.2 cm³/mol. The molecule has 1 aromatic heterocycles. The van der Waals surface area contributed by atoms with E-state index in [0.717, 1.165) is 5.56 Å². The largest absolute Gasteiger partial charge is 0.458 e. The quantitative estimate of drug-likeness (QED) is 0.862. The first-order chi connectivity index (χ1) is 9.50. The van der Waals surface area contributed by atoms with Crippen molar-refractivity contribution < 1.29 is 9.53 Å². The molecule has 0 bridgehead atoms. The summed E-state index contributed by atoms with van der Waals surface area (Å²) in [5, 5.41) is 7.79. The summed E-state index contributed by atoms with van der Waals surface area (Å²) in [4.78, 5) is 11.8. The molecule has 1 aromatic carbocycles. The normalized spacial score (nSPS) is 12.4. The molecular weight excluding hydrogens is 256 g/mol. The van der Waals surface area contributed by atoms with Crippen LogP contribution in [-0.2, 0) is 4.74 Å². The Morgan fingerprint density at radius 3 is 2.50 bits per heavy atom. The maximum atomic E-state index is 11.8. The Balaban J connectivity index is 2.27. The van der Waals surface area contributed by atoms with Gasteiger partial charge < -0.3 is 10.5 Å². The van der Waals surface area contributed by atoms with E-state index in [1.54, 1.807) is 13.8 Å². The second kappa shape index (κ2) is 5.73. The Morgan fingerprint density at radius 2 is 1.90 bits per heavy atom. The number of benzene rings is 1. The molecule has 0 fully saturated rings. The van der Waals surface area contributed by atoms with Crippen LogP contribution < -0.4 is 5.73 Å². The highest BCUT2D eigenvalue weighted by Crippen LogP contribution is 2.21. The molecule has 1 heterocycles. The summed E-state index contributed by atoms with van der Waals surface area (Å²) in [6.45, 7) is 5.48. The minimum absolute atomic E-state index is 0.0569. The van der Waals surface area contributed by atoms with E-state index in [4.69, 9.17) is 10.5 Å². The van der Waals surface area contributed by atoms with Gasteiger partial charge in [-0.3, -0.25) is 0 Å². The van der Waals surface area contributed by atoms with Gasteiger partial charge in [0.15, 0.2) is 5.82 Å². The fourth-order valence-electron chi connectivity index (χ4n) is 1.87. The molecule has 106 valence electrons. The van der Waals surface area contributed by atoms with Gasteiger partial charge in [-0.15, -0.1) is 5.10 Å². The summed E-state index contributed by atoms with van der Waals surface area (Å²) in [5.41, 5.74) is 7.05. The second-order valence-corrected chi connectivity index (χ2v) is 4.81. The molecule has 0 saturated heterocycles. The molecule has 2 aromatic rings. The third-order valence-electron chi connectivity index (χ3n) is 2.92. The molecule has 0 aliphatic rings. The Kier molecular flexibility index (Phi) is 4.02. The van der Waals surface area contributed by atoms with Gasteiger partial charge in [0.25, 0.3) is 0 Å². The number of hydrogen-bond donors (Lipinski definition) is 1. The molecule has 2 rings (SSSR count). The number of nitrogen functional groups attached to an aromatic ring is 1. The maximum Gasteiger partial charge on any atom is 0.363 e. The molecule has 0 aliphatic carbocycles. The Hall–Kier alpha value is -2.37. The van der Waals surface area contributed by atoms with Gasteiger partial charge in [0.1, 0.15) is 0 Å². The molecule has 0 amide bonds. The Morgan fingerprint density at radius 1 is 1.25 bits per heavy atom. The van der Waals surface area contributed by atoms with Crippen LogP contribution in [-0.4, -0.2) is 27.1 Å². The number of hydrogen-bond acceptors (Lipinski definition) is 5. The summed E-state index contributed by atoms with van der Waals surface area (Å²) >= 11 is 0. The monoisotopic (exact) mass is 274 g/mol. The van der Waals surface area contributed by atoms with E-state index in [1.807, 2.05) is 37.3 Å². The van der Waals surface area contributed by atoms with Gasteiger partial charge in [-0.1, -0.05) is 35.5 Å². The Labute approximate surface area is 117 Å². The third-order valence-corrected chi connectivity index (χ3v) is 2.92. The lowest BCUT2D eigenvalue weighted by molar-refractivity contribution is 0.0372. The zero-order valence-corrected chi connectivity index (χ0v) is 11.8. The van der Waals surface area contributed by atoms with E-state index in [1.165, 1.54) is 4.68 Å². The first kappa shape index (κ1) is 14.0. The van der Waals surface area contributed by atoms with Crippen molar-refractivity contribution in [1.29, 1.82) is 0 Å². The van der Waals surface area contributed by atoms with Crippen LogP contribution in [0, 0.1) is 0 Å². The molecule has 20 heavy (non-hydrogen) atoms. The van der Waals surface area contributed by atoms with Crippen LogP contribution in [0.4, 0.5) is 5.82 Å². The van der Waals surface area contributed by atoms with Crippen molar-refractivity contribution in [1.82, 2.24) is 15.0 Å². The van der Waals surface area contributed by atoms with Crippen LogP contribution >= 0.6 is 0 Å². The standard InChI is InChI=1S/C14H18N4O2/c1-9(2)20-14(19)12-13(15)18(17-16-12)10(3)11-7-5-4-6-8-11/h4-10H,15H2,1-3H3. The van der Waals surface area contributed by atoms with Crippen molar-refractivity contribution in [2.45, 2.75) is 32.9 Å². The predicted octanol–water partition coefficient (Wildman–Crippen LogP) is 2.03. The molecule has 2 N–H and O–H groups in total. The van der Waals surface area contributed by atoms with E-state index >= 15 is 0 Å². The van der Waals surface area contributed by atoms with Crippen LogP contribution in [0.1, 0.15) is 42.9 Å². The van der Waals surface area contributed by atoms with Gasteiger partial charge in [0.05, 0.1) is 12.1 Å². The average Bonchev–Trinajstić information content (AvgIpc) is 2.80. The molecular formula is C14H18N4O2. The number of ether oxygens (including phenoxy) is 1. The van der Waals surface area contributed by atoms with Gasteiger partial charge >= 0.3 is 5.97 Å². The number of anilines is 1. The summed E-state index contributed by atoms with van der Waals surface area (Å²) in [6.07, 6.45) is -0.224. The second-order valence-electron chi connectivity index (χ2n) is 4.81. The van der Waals surface area contributed by atoms with Crippen LogP contribution in [0.15, 0.2) is 30.3 Å². The van der Waals surface area contributed by atoms with E-state index in [-0.39, 0.29) is 23.7 Å². The number of aromatic nitrogens is 3. The van der Waals surface area contributed by atoms with Crippen LogP contribution in [0.5, 0.6) is 0 Å². The molecule has 0 radical (unpaired) electrons. The van der Waals surface area contributed by atoms with E-state index in [2.05, 4.69) is 10.3 Å². The maximum absolute atomic E-state index is 11.8. The molecule has 6 heteroatoms. The van der Waals surface area contributed by atoms with Crippen molar-refractivity contribution in [2.75, 3.05) is 5.73 Å². The van der Waals surface area contributed by atoms with Gasteiger partial charge in [0.2, 0.25) is 5.69 Å². The SMILES string of the molecule is CC(C)OC(=O)c1nnn(C(C)c2ccccc2)c1N. The fraction of sp³-hybridized carbons (Fsp3) is 0.357. The average molecular weight is 274 g/mol. The van der Waals surface area contributed by atoms with Crippen LogP contribution in [0.3, 0.4) is 0 Å². The summed E-state index contributed by atoms with van der Waals surface area (Å²) in [6, 6.07) is 9.64. The summed E-state index contributed by atoms with van der Waals surface area (Å²) < 4.78 is 6.60. The molecule has 0 spiro atoms. The summed E-state index contributed by atoms with van der Waals surface area (Å²) in [5.74, 6) is -0.337. The molecule has 0 saturated carbocycles. The Bertz CT molecular complexity index is 592. The number of carbonyl (C=O) groups is 1. The zero-order valence-electron chi connectivity index (χ0n) is 11.8. The third kappa shape index (κ3) is 2.79. The molecule has 1 unspecified atom stereocenters. The topological polar surface area (TPSA) is 83.0 Å². The number of nitrogens with two attached hydrogens (primary N) is 1.